The molecule has 1 aromatic rings. The van der Waals surface area contributed by atoms with Crippen molar-refractivity contribution >= 4 is 15.9 Å². The highest BCUT2D eigenvalue weighted by atomic mass is 32.2. The van der Waals surface area contributed by atoms with E-state index in [2.05, 4.69) is 0 Å². The molecule has 2 heterocycles. The molecule has 0 aliphatic carbocycles. The molecule has 2 aliphatic rings. The summed E-state index contributed by atoms with van der Waals surface area (Å²) in [5.41, 5.74) is 0.546. The predicted octanol–water partition coefficient (Wildman–Crippen LogP) is 2.75. The number of hydrogen-bond donors (Lipinski definition) is 0. The highest BCUT2D eigenvalue weighted by Crippen LogP contribution is 2.23. The van der Waals surface area contributed by atoms with E-state index < -0.39 is 10.0 Å². The van der Waals surface area contributed by atoms with Gasteiger partial charge in [-0.1, -0.05) is 6.42 Å². The van der Waals surface area contributed by atoms with Gasteiger partial charge in [-0.05, 0) is 62.8 Å². The highest BCUT2D eigenvalue weighted by Gasteiger charge is 2.27. The van der Waals surface area contributed by atoms with Crippen molar-refractivity contribution in [3.63, 3.8) is 0 Å². The fourth-order valence-corrected chi connectivity index (χ4v) is 5.39. The van der Waals surface area contributed by atoms with Gasteiger partial charge in [-0.25, -0.2) is 8.42 Å². The molecule has 3 rings (SSSR count). The van der Waals surface area contributed by atoms with Crippen molar-refractivity contribution in [2.45, 2.75) is 43.9 Å². The third kappa shape index (κ3) is 4.89. The molecule has 1 aromatic carbocycles. The van der Waals surface area contributed by atoms with Gasteiger partial charge < -0.3 is 9.64 Å². The zero-order valence-electron chi connectivity index (χ0n) is 16.1. The van der Waals surface area contributed by atoms with E-state index in [1.54, 1.807) is 28.6 Å². The number of benzene rings is 1. The van der Waals surface area contributed by atoms with Gasteiger partial charge in [0.2, 0.25) is 10.0 Å². The van der Waals surface area contributed by atoms with Gasteiger partial charge in [0.05, 0.1) is 11.5 Å². The number of sulfonamides is 1. The second-order valence-electron chi connectivity index (χ2n) is 7.41. The standard InChI is InChI=1S/C20H30N2O4S/c1-2-26-16-17-7-6-12-21(15-17)20(23)18-8-10-19(11-9-18)27(24,25)22-13-4-3-5-14-22/h8-11,17H,2-7,12-16H2,1H3. The van der Waals surface area contributed by atoms with E-state index in [-0.39, 0.29) is 10.8 Å². The fraction of sp³-hybridized carbons (Fsp3) is 0.650. The Morgan fingerprint density at radius 1 is 1.07 bits per heavy atom. The largest absolute Gasteiger partial charge is 0.381 e. The molecule has 2 saturated heterocycles. The predicted molar refractivity (Wildman–Crippen MR) is 104 cm³/mol. The highest BCUT2D eigenvalue weighted by molar-refractivity contribution is 7.89. The molecular weight excluding hydrogens is 364 g/mol. The quantitative estimate of drug-likeness (QED) is 0.744. The summed E-state index contributed by atoms with van der Waals surface area (Å²) in [5.74, 6) is 0.347. The maximum Gasteiger partial charge on any atom is 0.253 e. The first-order valence-electron chi connectivity index (χ1n) is 9.99. The summed E-state index contributed by atoms with van der Waals surface area (Å²) in [5, 5.41) is 0. The zero-order chi connectivity index (χ0) is 19.3. The van der Waals surface area contributed by atoms with Gasteiger partial charge in [-0.15, -0.1) is 0 Å². The molecule has 0 radical (unpaired) electrons. The Balaban J connectivity index is 1.66. The third-order valence-corrected chi connectivity index (χ3v) is 7.33. The fourth-order valence-electron chi connectivity index (χ4n) is 3.88. The van der Waals surface area contributed by atoms with E-state index in [9.17, 15) is 13.2 Å². The van der Waals surface area contributed by atoms with Crippen LogP contribution >= 0.6 is 0 Å². The van der Waals surface area contributed by atoms with Crippen molar-refractivity contribution in [1.82, 2.24) is 9.21 Å². The van der Waals surface area contributed by atoms with Crippen molar-refractivity contribution in [2.24, 2.45) is 5.92 Å². The number of likely N-dealkylation sites (tertiary alicyclic amines) is 1. The first-order chi connectivity index (χ1) is 13.0. The summed E-state index contributed by atoms with van der Waals surface area (Å²) in [4.78, 5) is 14.9. The number of rotatable bonds is 6. The summed E-state index contributed by atoms with van der Waals surface area (Å²) in [6.45, 7) is 5.97. The van der Waals surface area contributed by atoms with Crippen molar-refractivity contribution in [2.75, 3.05) is 39.4 Å². The molecule has 0 bridgehead atoms. The summed E-state index contributed by atoms with van der Waals surface area (Å²) in [6, 6.07) is 6.42. The second kappa shape index (κ2) is 9.17. The number of ether oxygens (including phenoxy) is 1. The van der Waals surface area contributed by atoms with Crippen LogP contribution in [0, 0.1) is 5.92 Å². The number of amides is 1. The van der Waals surface area contributed by atoms with Crippen molar-refractivity contribution in [3.8, 4) is 0 Å². The van der Waals surface area contributed by atoms with E-state index in [1.165, 1.54) is 0 Å². The number of carbonyl (C=O) groups excluding carboxylic acids is 1. The molecule has 27 heavy (non-hydrogen) atoms. The van der Waals surface area contributed by atoms with Crippen LogP contribution in [0.2, 0.25) is 0 Å². The number of carbonyl (C=O) groups is 1. The van der Waals surface area contributed by atoms with Crippen LogP contribution in [-0.2, 0) is 14.8 Å². The van der Waals surface area contributed by atoms with Gasteiger partial charge in [0.15, 0.2) is 0 Å². The van der Waals surface area contributed by atoms with Gasteiger partial charge in [0.1, 0.15) is 0 Å². The minimum Gasteiger partial charge on any atom is -0.381 e. The van der Waals surface area contributed by atoms with E-state index in [4.69, 9.17) is 4.74 Å². The van der Waals surface area contributed by atoms with Crippen LogP contribution < -0.4 is 0 Å². The van der Waals surface area contributed by atoms with Gasteiger partial charge in [0.25, 0.3) is 5.91 Å². The lowest BCUT2D eigenvalue weighted by molar-refractivity contribution is 0.0501. The molecular formula is C20H30N2O4S. The van der Waals surface area contributed by atoms with Crippen molar-refractivity contribution < 1.29 is 17.9 Å². The first kappa shape index (κ1) is 20.3. The number of hydrogen-bond acceptors (Lipinski definition) is 4. The Hall–Kier alpha value is -1.44. The van der Waals surface area contributed by atoms with Crippen LogP contribution in [0.15, 0.2) is 29.2 Å². The average Bonchev–Trinajstić information content (AvgIpc) is 2.72. The summed E-state index contributed by atoms with van der Waals surface area (Å²) < 4.78 is 32.5. The smallest absolute Gasteiger partial charge is 0.253 e. The molecule has 2 fully saturated rings. The van der Waals surface area contributed by atoms with E-state index in [0.717, 1.165) is 38.6 Å². The van der Waals surface area contributed by atoms with Crippen LogP contribution in [0.25, 0.3) is 0 Å². The van der Waals surface area contributed by atoms with Crippen molar-refractivity contribution in [3.05, 3.63) is 29.8 Å². The van der Waals surface area contributed by atoms with Gasteiger partial charge in [0, 0.05) is 38.3 Å². The van der Waals surface area contributed by atoms with Gasteiger partial charge in [-0.3, -0.25) is 4.79 Å². The molecule has 0 aromatic heterocycles. The van der Waals surface area contributed by atoms with Crippen LogP contribution in [-0.4, -0.2) is 62.9 Å². The molecule has 0 N–H and O–H groups in total. The summed E-state index contributed by atoms with van der Waals surface area (Å²) in [6.07, 6.45) is 4.96. The molecule has 1 atom stereocenters. The zero-order valence-corrected chi connectivity index (χ0v) is 16.9. The normalized spacial score (nSPS) is 22.0. The van der Waals surface area contributed by atoms with E-state index >= 15 is 0 Å². The summed E-state index contributed by atoms with van der Waals surface area (Å²) in [7, 11) is -3.46. The average molecular weight is 395 g/mol. The molecule has 6 nitrogen and oxygen atoms in total. The Morgan fingerprint density at radius 3 is 2.44 bits per heavy atom. The Morgan fingerprint density at radius 2 is 1.78 bits per heavy atom. The SMILES string of the molecule is CCOCC1CCCN(C(=O)c2ccc(S(=O)(=O)N3CCCCC3)cc2)C1. The molecule has 150 valence electrons. The van der Waals surface area contributed by atoms with Crippen LogP contribution in [0.3, 0.4) is 0 Å². The van der Waals surface area contributed by atoms with Crippen LogP contribution in [0.1, 0.15) is 49.4 Å². The second-order valence-corrected chi connectivity index (χ2v) is 9.35. The lowest BCUT2D eigenvalue weighted by atomic mass is 9.98. The first-order valence-corrected chi connectivity index (χ1v) is 11.4. The molecule has 1 unspecified atom stereocenters. The lowest BCUT2D eigenvalue weighted by Gasteiger charge is -2.32. The Labute approximate surface area is 162 Å². The minimum atomic E-state index is -3.46. The molecule has 1 amide bonds. The number of nitrogens with zero attached hydrogens (tertiary/aromatic N) is 2. The topological polar surface area (TPSA) is 66.9 Å². The van der Waals surface area contributed by atoms with Gasteiger partial charge >= 0.3 is 0 Å². The molecule has 0 saturated carbocycles. The van der Waals surface area contributed by atoms with Crippen LogP contribution in [0.4, 0.5) is 0 Å². The summed E-state index contributed by atoms with van der Waals surface area (Å²) >= 11 is 0. The van der Waals surface area contributed by atoms with Gasteiger partial charge in [-0.2, -0.15) is 4.31 Å². The molecule has 2 aliphatic heterocycles. The molecule has 7 heteroatoms. The van der Waals surface area contributed by atoms with Crippen molar-refractivity contribution in [1.29, 1.82) is 0 Å². The maximum atomic E-state index is 12.8. The monoisotopic (exact) mass is 394 g/mol. The molecule has 0 spiro atoms. The maximum absolute atomic E-state index is 12.8. The Kier molecular flexibility index (Phi) is 6.89. The minimum absolute atomic E-state index is 0.0295. The third-order valence-electron chi connectivity index (χ3n) is 5.42. The number of piperidine rings is 2. The lowest BCUT2D eigenvalue weighted by Crippen LogP contribution is -2.41. The van der Waals surface area contributed by atoms with Crippen LogP contribution in [0.5, 0.6) is 0 Å². The Bertz CT molecular complexity index is 727. The van der Waals surface area contributed by atoms with E-state index in [0.29, 0.717) is 44.3 Å². The van der Waals surface area contributed by atoms with E-state index in [1.807, 2.05) is 11.8 Å².